The van der Waals surface area contributed by atoms with Crippen molar-refractivity contribution in [2.45, 2.75) is 56.8 Å². The molecule has 0 N–H and O–H groups in total. The number of likely N-dealkylation sites (N-methyl/N-ethyl adjacent to an activating group) is 1. The van der Waals surface area contributed by atoms with Gasteiger partial charge in [-0.1, -0.05) is 6.92 Å². The molecule has 0 spiro atoms. The van der Waals surface area contributed by atoms with E-state index in [1.165, 1.54) is 4.31 Å². The molecule has 8 heteroatoms. The monoisotopic (exact) mass is 447 g/mol. The van der Waals surface area contributed by atoms with E-state index in [2.05, 4.69) is 6.92 Å². The summed E-state index contributed by atoms with van der Waals surface area (Å²) in [6.07, 6.45) is 3.43. The third-order valence-corrected chi connectivity index (χ3v) is 9.17. The highest BCUT2D eigenvalue weighted by Gasteiger charge is 2.43. The zero-order valence-electron chi connectivity index (χ0n) is 18.9. The van der Waals surface area contributed by atoms with E-state index in [1.54, 1.807) is 30.1 Å². The maximum absolute atomic E-state index is 13.5. The highest BCUT2D eigenvalue weighted by molar-refractivity contribution is 7.89. The molecule has 1 aromatic rings. The van der Waals surface area contributed by atoms with Gasteiger partial charge in [0.1, 0.15) is 0 Å². The Kier molecular flexibility index (Phi) is 5.67. The fourth-order valence-corrected chi connectivity index (χ4v) is 6.66. The Morgan fingerprint density at radius 1 is 1.10 bits per heavy atom. The van der Waals surface area contributed by atoms with Crippen molar-refractivity contribution in [2.75, 3.05) is 38.1 Å². The fourth-order valence-electron chi connectivity index (χ4n) is 5.11. The Morgan fingerprint density at radius 2 is 1.77 bits per heavy atom. The number of benzene rings is 1. The zero-order valence-corrected chi connectivity index (χ0v) is 19.7. The van der Waals surface area contributed by atoms with Gasteiger partial charge in [-0.2, -0.15) is 4.31 Å². The van der Waals surface area contributed by atoms with Crippen LogP contribution >= 0.6 is 0 Å². The molecule has 7 nitrogen and oxygen atoms in total. The molecule has 0 aromatic heterocycles. The van der Waals surface area contributed by atoms with Crippen LogP contribution in [0, 0.1) is 11.8 Å². The van der Waals surface area contributed by atoms with Crippen LogP contribution in [0.2, 0.25) is 0 Å². The minimum absolute atomic E-state index is 0.0449. The van der Waals surface area contributed by atoms with E-state index in [0.29, 0.717) is 18.9 Å². The van der Waals surface area contributed by atoms with Gasteiger partial charge in [0.15, 0.2) is 0 Å². The molecule has 0 saturated carbocycles. The summed E-state index contributed by atoms with van der Waals surface area (Å²) in [4.78, 5) is 29.3. The third-order valence-electron chi connectivity index (χ3n) is 7.31. The van der Waals surface area contributed by atoms with E-state index < -0.39 is 15.4 Å². The molecule has 0 radical (unpaired) electrons. The summed E-state index contributed by atoms with van der Waals surface area (Å²) in [5.74, 6) is 0.406. The summed E-state index contributed by atoms with van der Waals surface area (Å²) in [7, 11) is -2.03. The second-order valence-corrected chi connectivity index (χ2v) is 11.8. The van der Waals surface area contributed by atoms with Crippen molar-refractivity contribution in [3.63, 3.8) is 0 Å². The highest BCUT2D eigenvalue weighted by atomic mass is 32.2. The third kappa shape index (κ3) is 3.78. The van der Waals surface area contributed by atoms with Gasteiger partial charge in [0.25, 0.3) is 0 Å². The molecular formula is C23H33N3O4S. The topological polar surface area (TPSA) is 78.0 Å². The molecule has 2 amide bonds. The van der Waals surface area contributed by atoms with Gasteiger partial charge in [0.2, 0.25) is 21.8 Å². The first-order chi connectivity index (χ1) is 14.5. The Balaban J connectivity index is 1.55. The number of anilines is 1. The lowest BCUT2D eigenvalue weighted by molar-refractivity contribution is -0.138. The van der Waals surface area contributed by atoms with Crippen LogP contribution in [0.25, 0.3) is 0 Å². The minimum atomic E-state index is -3.74. The molecule has 31 heavy (non-hydrogen) atoms. The average Bonchev–Trinajstić information content (AvgIpc) is 2.94. The molecule has 0 aliphatic carbocycles. The van der Waals surface area contributed by atoms with Gasteiger partial charge in [-0.05, 0) is 69.2 Å². The molecule has 0 bridgehead atoms. The Labute approximate surface area is 185 Å². The zero-order chi connectivity index (χ0) is 22.6. The van der Waals surface area contributed by atoms with Gasteiger partial charge in [-0.3, -0.25) is 9.59 Å². The fraction of sp³-hybridized carbons (Fsp3) is 0.652. The summed E-state index contributed by atoms with van der Waals surface area (Å²) >= 11 is 0. The molecule has 1 aromatic carbocycles. The maximum Gasteiger partial charge on any atom is 0.243 e. The standard InChI is InChI=1S/C23H33N3O4S/c1-16-9-12-25(13-10-16)21(27)17-6-5-11-26(15-17)31(29,30)18-7-8-20-19(14-18)23(2,3)22(28)24(20)4/h7-8,14,16-17H,5-6,9-13,15H2,1-4H3/t17-/m1/s1. The Morgan fingerprint density at radius 3 is 2.45 bits per heavy atom. The lowest BCUT2D eigenvalue weighted by atomic mass is 9.86. The van der Waals surface area contributed by atoms with Crippen molar-refractivity contribution in [2.24, 2.45) is 11.8 Å². The lowest BCUT2D eigenvalue weighted by Crippen LogP contribution is -2.48. The van der Waals surface area contributed by atoms with E-state index >= 15 is 0 Å². The predicted octanol–water partition coefficient (Wildman–Crippen LogP) is 2.60. The normalized spacial score (nSPS) is 25.0. The van der Waals surface area contributed by atoms with Crippen molar-refractivity contribution >= 4 is 27.5 Å². The van der Waals surface area contributed by atoms with Crippen LogP contribution in [-0.4, -0.2) is 62.7 Å². The van der Waals surface area contributed by atoms with E-state index in [0.717, 1.165) is 43.6 Å². The van der Waals surface area contributed by atoms with Gasteiger partial charge < -0.3 is 9.80 Å². The molecule has 2 fully saturated rings. The van der Waals surface area contributed by atoms with Crippen molar-refractivity contribution in [1.82, 2.24) is 9.21 Å². The van der Waals surface area contributed by atoms with Gasteiger partial charge in [0.05, 0.1) is 16.2 Å². The number of fused-ring (bicyclic) bond motifs is 1. The van der Waals surface area contributed by atoms with Gasteiger partial charge in [-0.25, -0.2) is 8.42 Å². The van der Waals surface area contributed by atoms with Gasteiger partial charge in [0, 0.05) is 38.9 Å². The summed E-state index contributed by atoms with van der Waals surface area (Å²) in [6, 6.07) is 4.94. The first-order valence-corrected chi connectivity index (χ1v) is 12.7. The Hall–Kier alpha value is -1.93. The van der Waals surface area contributed by atoms with Crippen LogP contribution in [-0.2, 0) is 25.0 Å². The summed E-state index contributed by atoms with van der Waals surface area (Å²) < 4.78 is 28.4. The van der Waals surface area contributed by atoms with Gasteiger partial charge in [-0.15, -0.1) is 0 Å². The number of amides is 2. The van der Waals surface area contributed by atoms with Crippen molar-refractivity contribution in [1.29, 1.82) is 0 Å². The first kappa shape index (κ1) is 22.3. The number of sulfonamides is 1. The molecule has 1 atom stereocenters. The van der Waals surface area contributed by atoms with E-state index in [9.17, 15) is 18.0 Å². The Bertz CT molecular complexity index is 996. The van der Waals surface area contributed by atoms with Crippen LogP contribution in [0.4, 0.5) is 5.69 Å². The van der Waals surface area contributed by atoms with Crippen molar-refractivity contribution in [3.8, 4) is 0 Å². The van der Waals surface area contributed by atoms with E-state index in [4.69, 9.17) is 0 Å². The van der Waals surface area contributed by atoms with Crippen LogP contribution in [0.15, 0.2) is 23.1 Å². The smallest absolute Gasteiger partial charge is 0.243 e. The second-order valence-electron chi connectivity index (χ2n) is 9.88. The number of nitrogens with zero attached hydrogens (tertiary/aromatic N) is 3. The highest BCUT2D eigenvalue weighted by Crippen LogP contribution is 2.42. The lowest BCUT2D eigenvalue weighted by Gasteiger charge is -2.37. The van der Waals surface area contributed by atoms with Crippen molar-refractivity contribution < 1.29 is 18.0 Å². The first-order valence-electron chi connectivity index (χ1n) is 11.2. The molecule has 3 aliphatic heterocycles. The molecule has 4 rings (SSSR count). The number of piperidine rings is 2. The second kappa shape index (κ2) is 7.89. The molecule has 0 unspecified atom stereocenters. The number of rotatable bonds is 3. The summed E-state index contributed by atoms with van der Waals surface area (Å²) in [5, 5.41) is 0. The quantitative estimate of drug-likeness (QED) is 0.714. The number of hydrogen-bond acceptors (Lipinski definition) is 4. The van der Waals surface area contributed by atoms with Crippen molar-refractivity contribution in [3.05, 3.63) is 23.8 Å². The minimum Gasteiger partial charge on any atom is -0.342 e. The van der Waals surface area contributed by atoms with Crippen LogP contribution in [0.3, 0.4) is 0 Å². The van der Waals surface area contributed by atoms with E-state index in [1.807, 2.05) is 18.7 Å². The number of carbonyl (C=O) groups excluding carboxylic acids is 2. The average molecular weight is 448 g/mol. The molecule has 3 aliphatic rings. The largest absolute Gasteiger partial charge is 0.342 e. The molecular weight excluding hydrogens is 414 g/mol. The summed E-state index contributed by atoms with van der Waals surface area (Å²) in [5.41, 5.74) is 0.717. The molecule has 170 valence electrons. The molecule has 2 saturated heterocycles. The molecule has 3 heterocycles. The number of hydrogen-bond donors (Lipinski definition) is 0. The van der Waals surface area contributed by atoms with Crippen LogP contribution < -0.4 is 4.90 Å². The SMILES string of the molecule is CC1CCN(C(=O)[C@@H]2CCCN(S(=O)(=O)c3ccc4c(c3)C(C)(C)C(=O)N4C)C2)CC1. The number of likely N-dealkylation sites (tertiary alicyclic amines) is 1. The summed E-state index contributed by atoms with van der Waals surface area (Å²) in [6.45, 7) is 8.04. The maximum atomic E-state index is 13.5. The van der Waals surface area contributed by atoms with Crippen LogP contribution in [0.5, 0.6) is 0 Å². The number of carbonyl (C=O) groups is 2. The van der Waals surface area contributed by atoms with E-state index in [-0.39, 0.29) is 29.2 Å². The van der Waals surface area contributed by atoms with Gasteiger partial charge >= 0.3 is 0 Å². The predicted molar refractivity (Wildman–Crippen MR) is 119 cm³/mol. The van der Waals surface area contributed by atoms with Crippen LogP contribution in [0.1, 0.15) is 52.0 Å².